The molecule has 2 aromatic rings. The highest BCUT2D eigenvalue weighted by atomic mass is 32.2. The molecule has 0 amide bonds. The smallest absolute Gasteiger partial charge is 0.243 e. The van der Waals surface area contributed by atoms with Crippen molar-refractivity contribution in [2.24, 2.45) is 0 Å². The van der Waals surface area contributed by atoms with E-state index in [2.05, 4.69) is 42.3 Å². The zero-order valence-corrected chi connectivity index (χ0v) is 24.9. The van der Waals surface area contributed by atoms with E-state index in [1.165, 1.54) is 29.2 Å². The number of benzene rings is 2. The number of thiol groups is 2. The number of morpholine rings is 1. The maximum absolute atomic E-state index is 12.5. The van der Waals surface area contributed by atoms with Gasteiger partial charge in [-0.15, -0.1) is 0 Å². The average Bonchev–Trinajstić information content (AvgIpc) is 2.94. The number of Topliss-reactive ketones (excluding diaryl/α,β-unsaturated/α-hetero) is 2. The Bertz CT molecular complexity index is 1150. The van der Waals surface area contributed by atoms with Gasteiger partial charge in [-0.25, -0.2) is 8.42 Å². The molecule has 1 aliphatic rings. The third kappa shape index (κ3) is 9.30. The van der Waals surface area contributed by atoms with Gasteiger partial charge in [0.1, 0.15) is 17.3 Å². The zero-order valence-electron chi connectivity index (χ0n) is 22.3. The lowest BCUT2D eigenvalue weighted by Gasteiger charge is -2.28. The summed E-state index contributed by atoms with van der Waals surface area (Å²) in [6, 6.07) is 12.8. The van der Waals surface area contributed by atoms with Gasteiger partial charge in [0.15, 0.2) is 0 Å². The van der Waals surface area contributed by atoms with Gasteiger partial charge >= 0.3 is 0 Å². The number of methoxy groups -OCH3 is 1. The van der Waals surface area contributed by atoms with E-state index in [-0.39, 0.29) is 28.6 Å². The maximum atomic E-state index is 12.5. The fourth-order valence-corrected chi connectivity index (χ4v) is 5.70. The highest BCUT2D eigenvalue weighted by Gasteiger charge is 2.23. The Morgan fingerprint density at radius 1 is 0.947 bits per heavy atom. The van der Waals surface area contributed by atoms with Gasteiger partial charge in [0.25, 0.3) is 0 Å². The molecule has 1 heterocycles. The molecule has 0 bridgehead atoms. The molecule has 0 radical (unpaired) electrons. The highest BCUT2D eigenvalue weighted by molar-refractivity contribution is 7.89. The predicted molar refractivity (Wildman–Crippen MR) is 158 cm³/mol. The second-order valence-corrected chi connectivity index (χ2v) is 11.1. The molecule has 0 saturated carbocycles. The minimum Gasteiger partial charge on any atom is -0.496 e. The summed E-state index contributed by atoms with van der Waals surface area (Å²) in [5.41, 5.74) is 2.82. The first-order valence-corrected chi connectivity index (χ1v) is 15.2. The van der Waals surface area contributed by atoms with Crippen LogP contribution in [-0.2, 0) is 37.2 Å². The first-order valence-electron chi connectivity index (χ1n) is 12.5. The SMILES string of the molecule is CCN(CC)S(=O)(=O)c1ccc(OC)c(CC(=O)CS)c1.O=C(CS)Cc1ccc(N2CCOCC2)cc1. The number of sulfonamides is 1. The number of hydrogen-bond acceptors (Lipinski definition) is 9. The van der Waals surface area contributed by atoms with Gasteiger partial charge in [-0.1, -0.05) is 26.0 Å². The Balaban J connectivity index is 0.000000272. The summed E-state index contributed by atoms with van der Waals surface area (Å²) in [4.78, 5) is 25.3. The van der Waals surface area contributed by atoms with Crippen molar-refractivity contribution in [3.8, 4) is 5.75 Å². The molecule has 1 fully saturated rings. The summed E-state index contributed by atoms with van der Waals surface area (Å²) in [5.74, 6) is 0.992. The van der Waals surface area contributed by atoms with Crippen LogP contribution in [0, 0.1) is 0 Å². The number of carbonyl (C=O) groups is 2. The molecule has 38 heavy (non-hydrogen) atoms. The Hall–Kier alpha value is -2.05. The standard InChI is InChI=1S/C14H21NO4S2.C13H17NO2S/c1-4-15(5-2)21(17,18)13-6-7-14(19-3)11(9-13)8-12(16)10-20;15-13(10-17)9-11-1-3-12(4-2-11)14-5-7-16-8-6-14/h6-7,9,20H,4-5,8,10H2,1-3H3;1-4,17H,5-10H2. The van der Waals surface area contributed by atoms with Crippen molar-refractivity contribution in [1.29, 1.82) is 0 Å². The monoisotopic (exact) mass is 582 g/mol. The van der Waals surface area contributed by atoms with Crippen LogP contribution >= 0.6 is 25.3 Å². The van der Waals surface area contributed by atoms with Gasteiger partial charge < -0.3 is 14.4 Å². The van der Waals surface area contributed by atoms with Crippen LogP contribution in [-0.4, -0.2) is 82.3 Å². The summed E-state index contributed by atoms with van der Waals surface area (Å²) in [7, 11) is -2.06. The molecule has 3 rings (SSSR count). The molecule has 1 aliphatic heterocycles. The Kier molecular flexibility index (Phi) is 13.7. The molecular formula is C27H38N2O6S3. The number of anilines is 1. The Morgan fingerprint density at radius 2 is 1.53 bits per heavy atom. The van der Waals surface area contributed by atoms with Crippen molar-refractivity contribution < 1.29 is 27.5 Å². The summed E-state index contributed by atoms with van der Waals surface area (Å²) < 4.78 is 36.9. The van der Waals surface area contributed by atoms with Gasteiger partial charge in [0.2, 0.25) is 10.0 Å². The second kappa shape index (κ2) is 16.1. The summed E-state index contributed by atoms with van der Waals surface area (Å²) in [5, 5.41) is 0. The predicted octanol–water partition coefficient (Wildman–Crippen LogP) is 3.33. The lowest BCUT2D eigenvalue weighted by Crippen LogP contribution is -2.36. The second-order valence-electron chi connectivity index (χ2n) is 8.58. The molecule has 0 aromatic heterocycles. The van der Waals surface area contributed by atoms with Crippen LogP contribution in [0.1, 0.15) is 25.0 Å². The van der Waals surface area contributed by atoms with Crippen molar-refractivity contribution >= 4 is 52.5 Å². The molecule has 0 atom stereocenters. The first-order chi connectivity index (χ1) is 18.2. The van der Waals surface area contributed by atoms with E-state index in [0.29, 0.717) is 36.6 Å². The van der Waals surface area contributed by atoms with Gasteiger partial charge in [-0.05, 0) is 35.9 Å². The van der Waals surface area contributed by atoms with E-state index in [1.54, 1.807) is 19.9 Å². The van der Waals surface area contributed by atoms with E-state index >= 15 is 0 Å². The first kappa shape index (κ1) is 32.2. The molecule has 1 saturated heterocycles. The largest absolute Gasteiger partial charge is 0.496 e. The van der Waals surface area contributed by atoms with Gasteiger partial charge in [-0.3, -0.25) is 9.59 Å². The van der Waals surface area contributed by atoms with Crippen LogP contribution in [0.25, 0.3) is 0 Å². The molecule has 0 aliphatic carbocycles. The van der Waals surface area contributed by atoms with Crippen LogP contribution in [0.3, 0.4) is 0 Å². The molecule has 0 unspecified atom stereocenters. The quantitative estimate of drug-likeness (QED) is 0.371. The summed E-state index contributed by atoms with van der Waals surface area (Å²) in [6.45, 7) is 7.83. The number of nitrogens with zero attached hydrogens (tertiary/aromatic N) is 2. The number of ether oxygens (including phenoxy) is 2. The summed E-state index contributed by atoms with van der Waals surface area (Å²) in [6.07, 6.45) is 0.584. The number of hydrogen-bond donors (Lipinski definition) is 2. The van der Waals surface area contributed by atoms with Crippen LogP contribution in [0.5, 0.6) is 5.75 Å². The van der Waals surface area contributed by atoms with Crippen molar-refractivity contribution in [2.75, 3.05) is 62.9 Å². The van der Waals surface area contributed by atoms with E-state index in [9.17, 15) is 18.0 Å². The molecule has 8 nitrogen and oxygen atoms in total. The average molecular weight is 583 g/mol. The third-order valence-electron chi connectivity index (χ3n) is 6.05. The van der Waals surface area contributed by atoms with Crippen molar-refractivity contribution in [1.82, 2.24) is 4.31 Å². The van der Waals surface area contributed by atoms with Crippen LogP contribution in [0.15, 0.2) is 47.4 Å². The lowest BCUT2D eigenvalue weighted by atomic mass is 10.1. The number of rotatable bonds is 12. The van der Waals surface area contributed by atoms with Gasteiger partial charge in [-0.2, -0.15) is 29.6 Å². The molecule has 0 spiro atoms. The molecule has 11 heteroatoms. The fourth-order valence-electron chi connectivity index (χ4n) is 3.96. The zero-order chi connectivity index (χ0) is 28.1. The van der Waals surface area contributed by atoms with Gasteiger partial charge in [0, 0.05) is 61.8 Å². The Morgan fingerprint density at radius 3 is 2.05 bits per heavy atom. The van der Waals surface area contributed by atoms with E-state index < -0.39 is 10.0 Å². The van der Waals surface area contributed by atoms with Crippen LogP contribution in [0.4, 0.5) is 5.69 Å². The molecule has 2 aromatic carbocycles. The number of carbonyl (C=O) groups excluding carboxylic acids is 2. The van der Waals surface area contributed by atoms with Crippen molar-refractivity contribution in [3.05, 3.63) is 53.6 Å². The summed E-state index contributed by atoms with van der Waals surface area (Å²) >= 11 is 7.92. The van der Waals surface area contributed by atoms with E-state index in [4.69, 9.17) is 9.47 Å². The van der Waals surface area contributed by atoms with E-state index in [0.717, 1.165) is 31.9 Å². The topological polar surface area (TPSA) is 93.2 Å². The highest BCUT2D eigenvalue weighted by Crippen LogP contribution is 2.25. The van der Waals surface area contributed by atoms with Crippen molar-refractivity contribution in [2.45, 2.75) is 31.6 Å². The Labute approximate surface area is 237 Å². The fraction of sp³-hybridized carbons (Fsp3) is 0.481. The molecular weight excluding hydrogens is 545 g/mol. The lowest BCUT2D eigenvalue weighted by molar-refractivity contribution is -0.116. The molecule has 210 valence electrons. The van der Waals surface area contributed by atoms with Crippen LogP contribution in [0.2, 0.25) is 0 Å². The maximum Gasteiger partial charge on any atom is 0.243 e. The van der Waals surface area contributed by atoms with Gasteiger partial charge in [0.05, 0.1) is 25.2 Å². The third-order valence-corrected chi connectivity index (χ3v) is 8.80. The normalized spacial score (nSPS) is 13.6. The van der Waals surface area contributed by atoms with Crippen LogP contribution < -0.4 is 9.64 Å². The minimum absolute atomic E-state index is 0.0889. The number of ketones is 2. The van der Waals surface area contributed by atoms with Crippen molar-refractivity contribution in [3.63, 3.8) is 0 Å². The molecule has 0 N–H and O–H groups in total. The minimum atomic E-state index is -3.54. The van der Waals surface area contributed by atoms with E-state index in [1.807, 2.05) is 12.1 Å².